The van der Waals surface area contributed by atoms with Crippen LogP contribution < -0.4 is 11.1 Å². The summed E-state index contributed by atoms with van der Waals surface area (Å²) in [6.07, 6.45) is 0. The Morgan fingerprint density at radius 1 is 1.45 bits per heavy atom. The van der Waals surface area contributed by atoms with Crippen LogP contribution in [0.3, 0.4) is 0 Å². The minimum Gasteiger partial charge on any atom is -0.375 e. The Balaban J connectivity index is 1.78. The van der Waals surface area contributed by atoms with Crippen molar-refractivity contribution in [3.63, 3.8) is 0 Å². The van der Waals surface area contributed by atoms with Crippen molar-refractivity contribution >= 4 is 45.7 Å². The first kappa shape index (κ1) is 15.2. The van der Waals surface area contributed by atoms with E-state index in [1.807, 2.05) is 19.1 Å². The Morgan fingerprint density at radius 3 is 2.75 bits per heavy atom. The molecule has 1 heterocycles. The number of rotatable bonds is 5. The van der Waals surface area contributed by atoms with Gasteiger partial charge in [0.1, 0.15) is 0 Å². The van der Waals surface area contributed by atoms with E-state index in [1.54, 1.807) is 12.1 Å². The summed E-state index contributed by atoms with van der Waals surface area (Å²) in [6, 6.07) is 7.40. The van der Waals surface area contributed by atoms with Gasteiger partial charge in [-0.25, -0.2) is 4.98 Å². The van der Waals surface area contributed by atoms with E-state index in [9.17, 15) is 4.79 Å². The number of amides is 1. The van der Waals surface area contributed by atoms with Crippen LogP contribution in [-0.4, -0.2) is 16.6 Å². The first-order valence-corrected chi connectivity index (χ1v) is 8.09. The molecule has 7 heteroatoms. The summed E-state index contributed by atoms with van der Waals surface area (Å²) < 4.78 is 0.990. The number of halogens is 1. The number of anilines is 1. The van der Waals surface area contributed by atoms with Crippen molar-refractivity contribution in [1.29, 1.82) is 0 Å². The average molecular weight is 328 g/mol. The van der Waals surface area contributed by atoms with Crippen molar-refractivity contribution in [2.75, 3.05) is 11.5 Å². The van der Waals surface area contributed by atoms with Crippen LogP contribution in [0.15, 0.2) is 28.5 Å². The van der Waals surface area contributed by atoms with Crippen molar-refractivity contribution < 1.29 is 4.79 Å². The zero-order valence-electron chi connectivity index (χ0n) is 10.9. The number of nitrogens with zero attached hydrogens (tertiary/aromatic N) is 1. The second-order valence-corrected chi connectivity index (χ2v) is 6.83. The Bertz CT molecular complexity index is 598. The molecule has 106 valence electrons. The number of carbonyl (C=O) groups excluding carboxylic acids is 1. The zero-order valence-corrected chi connectivity index (χ0v) is 13.2. The monoisotopic (exact) mass is 327 g/mol. The molecule has 0 atom stereocenters. The largest absolute Gasteiger partial charge is 0.375 e. The van der Waals surface area contributed by atoms with Gasteiger partial charge in [0, 0.05) is 11.6 Å². The summed E-state index contributed by atoms with van der Waals surface area (Å²) >= 11 is 8.67. The molecule has 20 heavy (non-hydrogen) atoms. The summed E-state index contributed by atoms with van der Waals surface area (Å²) in [6.45, 7) is 2.39. The van der Waals surface area contributed by atoms with Crippen LogP contribution in [0, 0.1) is 6.92 Å². The summed E-state index contributed by atoms with van der Waals surface area (Å²) in [5, 5.41) is 4.09. The first-order valence-electron chi connectivity index (χ1n) is 5.91. The highest BCUT2D eigenvalue weighted by Crippen LogP contribution is 2.30. The number of thioether (sulfide) groups is 1. The Labute approximate surface area is 130 Å². The molecule has 0 aliphatic heterocycles. The van der Waals surface area contributed by atoms with E-state index in [2.05, 4.69) is 10.3 Å². The van der Waals surface area contributed by atoms with Crippen LogP contribution in [-0.2, 0) is 11.3 Å². The number of hydrogen-bond acceptors (Lipinski definition) is 5. The number of nitrogens with one attached hydrogen (secondary N) is 1. The predicted octanol–water partition coefficient (Wildman–Crippen LogP) is 3.10. The fourth-order valence-corrected chi connectivity index (χ4v) is 3.50. The topological polar surface area (TPSA) is 68.0 Å². The van der Waals surface area contributed by atoms with Gasteiger partial charge >= 0.3 is 0 Å². The number of carbonyl (C=O) groups is 1. The maximum Gasteiger partial charge on any atom is 0.230 e. The van der Waals surface area contributed by atoms with Gasteiger partial charge in [-0.2, -0.15) is 0 Å². The van der Waals surface area contributed by atoms with Crippen molar-refractivity contribution in [1.82, 2.24) is 10.3 Å². The Hall–Kier alpha value is -1.24. The third-order valence-electron chi connectivity index (χ3n) is 2.51. The number of hydrogen-bond donors (Lipinski definition) is 2. The SMILES string of the molecule is Cc1nc(N)sc1SCC(=O)NCc1ccc(Cl)cc1. The van der Waals surface area contributed by atoms with Gasteiger partial charge in [-0.3, -0.25) is 4.79 Å². The highest BCUT2D eigenvalue weighted by Gasteiger charge is 2.09. The Kier molecular flexibility index (Phi) is 5.28. The molecule has 0 radical (unpaired) electrons. The molecule has 1 aromatic carbocycles. The number of aromatic nitrogens is 1. The minimum atomic E-state index is -0.0173. The standard InChI is InChI=1S/C13H14ClN3OS2/c1-8-12(20-13(15)17-8)19-7-11(18)16-6-9-2-4-10(14)5-3-9/h2-5H,6-7H2,1H3,(H2,15,17)(H,16,18). The van der Waals surface area contributed by atoms with Gasteiger partial charge in [-0.05, 0) is 24.6 Å². The summed E-state index contributed by atoms with van der Waals surface area (Å²) in [7, 11) is 0. The highest BCUT2D eigenvalue weighted by atomic mass is 35.5. The fourth-order valence-electron chi connectivity index (χ4n) is 1.52. The fraction of sp³-hybridized carbons (Fsp3) is 0.231. The first-order chi connectivity index (χ1) is 9.54. The van der Waals surface area contributed by atoms with Crippen LogP contribution >= 0.6 is 34.7 Å². The summed E-state index contributed by atoms with van der Waals surface area (Å²) in [5.41, 5.74) is 7.51. The molecule has 0 spiro atoms. The van der Waals surface area contributed by atoms with E-state index in [0.717, 1.165) is 15.5 Å². The average Bonchev–Trinajstić information content (AvgIpc) is 2.74. The van der Waals surface area contributed by atoms with Crippen LogP contribution in [0.1, 0.15) is 11.3 Å². The van der Waals surface area contributed by atoms with Crippen molar-refractivity contribution in [2.24, 2.45) is 0 Å². The van der Waals surface area contributed by atoms with Gasteiger partial charge in [-0.15, -0.1) is 11.8 Å². The number of benzene rings is 1. The molecule has 2 rings (SSSR count). The highest BCUT2D eigenvalue weighted by molar-refractivity contribution is 8.01. The third kappa shape index (κ3) is 4.40. The van der Waals surface area contributed by atoms with Gasteiger partial charge in [0.05, 0.1) is 15.7 Å². The molecule has 1 amide bonds. The lowest BCUT2D eigenvalue weighted by Gasteiger charge is -2.05. The smallest absolute Gasteiger partial charge is 0.230 e. The molecule has 0 unspecified atom stereocenters. The maximum atomic E-state index is 11.8. The molecule has 0 aliphatic carbocycles. The molecule has 2 aromatic rings. The lowest BCUT2D eigenvalue weighted by atomic mass is 10.2. The molecule has 1 aromatic heterocycles. The molecule has 3 N–H and O–H groups in total. The zero-order chi connectivity index (χ0) is 14.5. The van der Waals surface area contributed by atoms with Gasteiger partial charge < -0.3 is 11.1 Å². The van der Waals surface area contributed by atoms with E-state index in [4.69, 9.17) is 17.3 Å². The lowest BCUT2D eigenvalue weighted by molar-refractivity contribution is -0.118. The van der Waals surface area contributed by atoms with Crippen LogP contribution in [0.2, 0.25) is 5.02 Å². The number of nitrogens with two attached hydrogens (primary N) is 1. The Morgan fingerprint density at radius 2 is 2.15 bits per heavy atom. The molecule has 0 fully saturated rings. The molecule has 0 bridgehead atoms. The van der Waals surface area contributed by atoms with E-state index < -0.39 is 0 Å². The van der Waals surface area contributed by atoms with E-state index in [-0.39, 0.29) is 5.91 Å². The second kappa shape index (κ2) is 6.97. The summed E-state index contributed by atoms with van der Waals surface area (Å²) in [5.74, 6) is 0.340. The normalized spacial score (nSPS) is 10.5. The van der Waals surface area contributed by atoms with E-state index in [0.29, 0.717) is 22.5 Å². The van der Waals surface area contributed by atoms with Crippen molar-refractivity contribution in [2.45, 2.75) is 17.7 Å². The molecule has 0 aliphatic rings. The van der Waals surface area contributed by atoms with Gasteiger partial charge in [0.25, 0.3) is 0 Å². The van der Waals surface area contributed by atoms with Crippen LogP contribution in [0.25, 0.3) is 0 Å². The quantitative estimate of drug-likeness (QED) is 0.828. The van der Waals surface area contributed by atoms with E-state index in [1.165, 1.54) is 23.1 Å². The maximum absolute atomic E-state index is 11.8. The minimum absolute atomic E-state index is 0.0173. The van der Waals surface area contributed by atoms with Crippen LogP contribution in [0.5, 0.6) is 0 Å². The van der Waals surface area contributed by atoms with Crippen molar-refractivity contribution in [3.05, 3.63) is 40.5 Å². The van der Waals surface area contributed by atoms with Gasteiger partial charge in [0.15, 0.2) is 5.13 Å². The summed E-state index contributed by atoms with van der Waals surface area (Å²) in [4.78, 5) is 15.9. The molecular formula is C13H14ClN3OS2. The molecule has 0 saturated carbocycles. The number of thiazole rings is 1. The molecular weight excluding hydrogens is 314 g/mol. The predicted molar refractivity (Wildman–Crippen MR) is 85.3 cm³/mol. The number of aryl methyl sites for hydroxylation is 1. The van der Waals surface area contributed by atoms with Gasteiger partial charge in [0.2, 0.25) is 5.91 Å². The molecule has 0 saturated heterocycles. The van der Waals surface area contributed by atoms with Crippen LogP contribution in [0.4, 0.5) is 5.13 Å². The lowest BCUT2D eigenvalue weighted by Crippen LogP contribution is -2.24. The third-order valence-corrected chi connectivity index (χ3v) is 5.11. The van der Waals surface area contributed by atoms with Crippen molar-refractivity contribution in [3.8, 4) is 0 Å². The molecule has 4 nitrogen and oxygen atoms in total. The number of nitrogen functional groups attached to an aromatic ring is 1. The van der Waals surface area contributed by atoms with E-state index >= 15 is 0 Å². The second-order valence-electron chi connectivity index (χ2n) is 4.12. The van der Waals surface area contributed by atoms with Gasteiger partial charge in [-0.1, -0.05) is 35.1 Å².